The standard InChI is InChI=1S/C14H22O3/c1-12(2,3)17-11(16)14-6-4-13(10-14,5-7-14)8-9-15/h9H,4-8,10H2,1-3H3. The van der Waals surface area contributed by atoms with E-state index in [-0.39, 0.29) is 16.8 Å². The third-order valence-electron chi connectivity index (χ3n) is 4.33. The van der Waals surface area contributed by atoms with Gasteiger partial charge >= 0.3 is 5.97 Å². The molecule has 0 aliphatic heterocycles. The van der Waals surface area contributed by atoms with Gasteiger partial charge in [-0.3, -0.25) is 4.79 Å². The molecule has 2 rings (SSSR count). The van der Waals surface area contributed by atoms with Gasteiger partial charge in [0.15, 0.2) is 0 Å². The normalized spacial score (nSPS) is 35.9. The molecule has 0 atom stereocenters. The van der Waals surface area contributed by atoms with Crippen molar-refractivity contribution in [3.8, 4) is 0 Å². The molecule has 3 nitrogen and oxygen atoms in total. The summed E-state index contributed by atoms with van der Waals surface area (Å²) in [6, 6.07) is 0. The Morgan fingerprint density at radius 3 is 2.29 bits per heavy atom. The fraction of sp³-hybridized carbons (Fsp3) is 0.857. The van der Waals surface area contributed by atoms with E-state index in [2.05, 4.69) is 0 Å². The van der Waals surface area contributed by atoms with Gasteiger partial charge in [-0.05, 0) is 58.3 Å². The molecule has 0 amide bonds. The Bertz CT molecular complexity index is 330. The monoisotopic (exact) mass is 238 g/mol. The van der Waals surface area contributed by atoms with Crippen molar-refractivity contribution >= 4 is 12.3 Å². The van der Waals surface area contributed by atoms with Crippen LogP contribution in [0.4, 0.5) is 0 Å². The van der Waals surface area contributed by atoms with E-state index >= 15 is 0 Å². The maximum Gasteiger partial charge on any atom is 0.312 e. The number of hydrogen-bond acceptors (Lipinski definition) is 3. The molecule has 0 aromatic heterocycles. The van der Waals surface area contributed by atoms with E-state index in [4.69, 9.17) is 4.74 Å². The Morgan fingerprint density at radius 1 is 1.24 bits per heavy atom. The van der Waals surface area contributed by atoms with Gasteiger partial charge in [-0.2, -0.15) is 0 Å². The van der Waals surface area contributed by atoms with Crippen molar-refractivity contribution in [2.45, 2.75) is 64.9 Å². The first kappa shape index (κ1) is 12.6. The van der Waals surface area contributed by atoms with E-state index in [9.17, 15) is 9.59 Å². The molecule has 96 valence electrons. The highest BCUT2D eigenvalue weighted by Gasteiger charge is 2.58. The fourth-order valence-corrected chi connectivity index (χ4v) is 3.45. The SMILES string of the molecule is CC(C)(C)OC(=O)C12CCC(CC=O)(CC1)C2. The second-order valence-electron chi connectivity index (χ2n) is 6.83. The van der Waals surface area contributed by atoms with Gasteiger partial charge < -0.3 is 9.53 Å². The molecule has 0 N–H and O–H groups in total. The van der Waals surface area contributed by atoms with Crippen LogP contribution in [0.25, 0.3) is 0 Å². The molecular weight excluding hydrogens is 216 g/mol. The maximum absolute atomic E-state index is 12.3. The number of esters is 1. The highest BCUT2D eigenvalue weighted by atomic mass is 16.6. The molecule has 0 heterocycles. The van der Waals surface area contributed by atoms with Crippen LogP contribution < -0.4 is 0 Å². The van der Waals surface area contributed by atoms with Crippen LogP contribution in [0, 0.1) is 10.8 Å². The van der Waals surface area contributed by atoms with Crippen molar-refractivity contribution in [2.75, 3.05) is 0 Å². The average molecular weight is 238 g/mol. The van der Waals surface area contributed by atoms with E-state index in [1.165, 1.54) is 0 Å². The lowest BCUT2D eigenvalue weighted by Crippen LogP contribution is -2.34. The first-order chi connectivity index (χ1) is 7.81. The highest BCUT2D eigenvalue weighted by Crippen LogP contribution is 2.63. The summed E-state index contributed by atoms with van der Waals surface area (Å²) in [6.45, 7) is 5.72. The molecule has 0 aromatic carbocycles. The summed E-state index contributed by atoms with van der Waals surface area (Å²) in [4.78, 5) is 23.0. The first-order valence-corrected chi connectivity index (χ1v) is 6.48. The van der Waals surface area contributed by atoms with Gasteiger partial charge in [0.1, 0.15) is 11.9 Å². The van der Waals surface area contributed by atoms with Gasteiger partial charge in [-0.25, -0.2) is 0 Å². The van der Waals surface area contributed by atoms with Gasteiger partial charge in [0.25, 0.3) is 0 Å². The van der Waals surface area contributed by atoms with E-state index in [0.29, 0.717) is 6.42 Å². The number of hydrogen-bond donors (Lipinski definition) is 0. The summed E-state index contributed by atoms with van der Waals surface area (Å²) in [6.07, 6.45) is 6.28. The molecule has 0 unspecified atom stereocenters. The van der Waals surface area contributed by atoms with Crippen LogP contribution in [0.3, 0.4) is 0 Å². The summed E-state index contributed by atoms with van der Waals surface area (Å²) in [5.74, 6) is -0.0460. The van der Waals surface area contributed by atoms with E-state index in [1.54, 1.807) is 0 Å². The Labute approximate surface area is 103 Å². The second kappa shape index (κ2) is 3.82. The topological polar surface area (TPSA) is 43.4 Å². The molecule has 2 aliphatic rings. The van der Waals surface area contributed by atoms with Gasteiger partial charge in [-0.1, -0.05) is 0 Å². The van der Waals surface area contributed by atoms with Crippen LogP contribution in [-0.4, -0.2) is 17.9 Å². The lowest BCUT2D eigenvalue weighted by molar-refractivity contribution is -0.167. The lowest BCUT2D eigenvalue weighted by atomic mass is 9.80. The minimum Gasteiger partial charge on any atom is -0.460 e. The third kappa shape index (κ3) is 2.24. The summed E-state index contributed by atoms with van der Waals surface area (Å²) in [7, 11) is 0. The lowest BCUT2D eigenvalue weighted by Gasteiger charge is -2.29. The number of carbonyl (C=O) groups excluding carboxylic acids is 2. The molecule has 2 aliphatic carbocycles. The van der Waals surface area contributed by atoms with Crippen LogP contribution in [0.15, 0.2) is 0 Å². The third-order valence-corrected chi connectivity index (χ3v) is 4.33. The van der Waals surface area contributed by atoms with Crippen LogP contribution in [0.1, 0.15) is 59.3 Å². The zero-order chi connectivity index (χ0) is 12.7. The van der Waals surface area contributed by atoms with Crippen molar-refractivity contribution in [1.29, 1.82) is 0 Å². The zero-order valence-electron chi connectivity index (χ0n) is 11.0. The fourth-order valence-electron chi connectivity index (χ4n) is 3.45. The smallest absolute Gasteiger partial charge is 0.312 e. The summed E-state index contributed by atoms with van der Waals surface area (Å²) in [5.41, 5.74) is -0.584. The molecule has 0 saturated heterocycles. The van der Waals surface area contributed by atoms with Crippen molar-refractivity contribution in [3.63, 3.8) is 0 Å². The number of carbonyl (C=O) groups is 2. The number of rotatable bonds is 3. The number of ether oxygens (including phenoxy) is 1. The molecule has 2 saturated carbocycles. The van der Waals surface area contributed by atoms with E-state index < -0.39 is 5.60 Å². The highest BCUT2D eigenvalue weighted by molar-refractivity contribution is 5.78. The second-order valence-corrected chi connectivity index (χ2v) is 6.83. The van der Waals surface area contributed by atoms with Crippen molar-refractivity contribution in [3.05, 3.63) is 0 Å². The summed E-state index contributed by atoms with van der Waals surface area (Å²) in [5, 5.41) is 0. The quantitative estimate of drug-likeness (QED) is 0.561. The molecule has 2 fully saturated rings. The number of aldehydes is 1. The molecule has 0 spiro atoms. The minimum absolute atomic E-state index is 0.0460. The Morgan fingerprint density at radius 2 is 1.82 bits per heavy atom. The zero-order valence-corrected chi connectivity index (χ0v) is 11.0. The van der Waals surface area contributed by atoms with E-state index in [1.807, 2.05) is 20.8 Å². The average Bonchev–Trinajstić information content (AvgIpc) is 2.72. The predicted molar refractivity (Wildman–Crippen MR) is 64.5 cm³/mol. The molecule has 0 radical (unpaired) electrons. The van der Waals surface area contributed by atoms with E-state index in [0.717, 1.165) is 38.4 Å². The Balaban J connectivity index is 2.08. The van der Waals surface area contributed by atoms with Crippen LogP contribution in [0.2, 0.25) is 0 Å². The van der Waals surface area contributed by atoms with Gasteiger partial charge in [0.2, 0.25) is 0 Å². The van der Waals surface area contributed by atoms with Crippen molar-refractivity contribution in [2.24, 2.45) is 10.8 Å². The maximum atomic E-state index is 12.3. The Kier molecular flexibility index (Phi) is 2.83. The van der Waals surface area contributed by atoms with Gasteiger partial charge in [0, 0.05) is 6.42 Å². The predicted octanol–water partition coefficient (Wildman–Crippen LogP) is 2.87. The minimum atomic E-state index is -0.412. The van der Waals surface area contributed by atoms with Gasteiger partial charge in [0.05, 0.1) is 5.41 Å². The summed E-state index contributed by atoms with van der Waals surface area (Å²) < 4.78 is 5.54. The van der Waals surface area contributed by atoms with Crippen LogP contribution >= 0.6 is 0 Å². The largest absolute Gasteiger partial charge is 0.460 e. The Hall–Kier alpha value is -0.860. The molecule has 2 bridgehead atoms. The van der Waals surface area contributed by atoms with Crippen molar-refractivity contribution in [1.82, 2.24) is 0 Å². The molecule has 17 heavy (non-hydrogen) atoms. The van der Waals surface area contributed by atoms with Crippen LogP contribution in [-0.2, 0) is 14.3 Å². The molecule has 3 heteroatoms. The van der Waals surface area contributed by atoms with Crippen molar-refractivity contribution < 1.29 is 14.3 Å². The first-order valence-electron chi connectivity index (χ1n) is 6.48. The van der Waals surface area contributed by atoms with Crippen LogP contribution in [0.5, 0.6) is 0 Å². The number of fused-ring (bicyclic) bond motifs is 2. The van der Waals surface area contributed by atoms with Gasteiger partial charge in [-0.15, -0.1) is 0 Å². The molecule has 0 aromatic rings. The molecular formula is C14H22O3. The summed E-state index contributed by atoms with van der Waals surface area (Å²) >= 11 is 0.